The average Bonchev–Trinajstić information content (AvgIpc) is 3.28. The average molecular weight is 366 g/mol. The minimum atomic E-state index is -0.226. The normalized spacial score (nSPS) is 17.7. The molecule has 138 valence electrons. The Labute approximate surface area is 153 Å². The van der Waals surface area contributed by atoms with Gasteiger partial charge in [-0.15, -0.1) is 0 Å². The molecule has 1 atom stereocenters. The minimum Gasteiger partial charge on any atom is -0.398 e. The zero-order valence-electron chi connectivity index (χ0n) is 14.4. The standard InChI is InChI=1S/C18H18N6O3/c19-15-12-1-2-20-16(12)22-7-13(15)10-5-14-17(21-6-10)23-18(25)24(14)8-11-9-26-3-4-27-11/h1-2,5-7,11H,3-4,8-9H2,(H3,19,20,22)(H,21,23,25)/t11-/m0/s1. The van der Waals surface area contributed by atoms with Gasteiger partial charge in [0.25, 0.3) is 0 Å². The van der Waals surface area contributed by atoms with E-state index in [0.29, 0.717) is 43.2 Å². The van der Waals surface area contributed by atoms with Crippen molar-refractivity contribution in [1.29, 1.82) is 0 Å². The molecule has 5 rings (SSSR count). The molecule has 4 aromatic rings. The summed E-state index contributed by atoms with van der Waals surface area (Å²) in [6.45, 7) is 1.98. The van der Waals surface area contributed by atoms with E-state index in [1.165, 1.54) is 0 Å². The summed E-state index contributed by atoms with van der Waals surface area (Å²) < 4.78 is 12.7. The van der Waals surface area contributed by atoms with Crippen LogP contribution in [0.3, 0.4) is 0 Å². The number of H-pyrrole nitrogens is 2. The molecule has 4 aromatic heterocycles. The SMILES string of the molecule is Nc1c(-c2cnc3[nH]c(=O)n(C[C@H]4COCCO4)c3c2)cnc2[nH]ccc12. The summed E-state index contributed by atoms with van der Waals surface area (Å²) in [4.78, 5) is 27.0. The maximum atomic E-state index is 12.4. The molecule has 9 nitrogen and oxygen atoms in total. The molecule has 1 saturated heterocycles. The molecule has 0 saturated carbocycles. The third kappa shape index (κ3) is 2.68. The zero-order valence-corrected chi connectivity index (χ0v) is 14.4. The Hall–Kier alpha value is -3.17. The summed E-state index contributed by atoms with van der Waals surface area (Å²) in [6.07, 6.45) is 5.04. The van der Waals surface area contributed by atoms with E-state index in [0.717, 1.165) is 22.2 Å². The number of aromatic nitrogens is 5. The number of fused-ring (bicyclic) bond motifs is 2. The van der Waals surface area contributed by atoms with Gasteiger partial charge < -0.3 is 20.2 Å². The first kappa shape index (κ1) is 16.0. The Balaban J connectivity index is 1.60. The molecule has 9 heteroatoms. The Kier molecular flexibility index (Phi) is 3.69. The Morgan fingerprint density at radius 3 is 3.00 bits per heavy atom. The van der Waals surface area contributed by atoms with Gasteiger partial charge in [0, 0.05) is 35.1 Å². The van der Waals surface area contributed by atoms with Gasteiger partial charge in [0.05, 0.1) is 43.7 Å². The smallest absolute Gasteiger partial charge is 0.327 e. The molecule has 27 heavy (non-hydrogen) atoms. The molecular weight excluding hydrogens is 348 g/mol. The summed E-state index contributed by atoms with van der Waals surface area (Å²) in [5.41, 5.74) is 10.2. The van der Waals surface area contributed by atoms with Crippen molar-refractivity contribution in [2.24, 2.45) is 0 Å². The van der Waals surface area contributed by atoms with Crippen LogP contribution in [0.4, 0.5) is 5.69 Å². The second-order valence-corrected chi connectivity index (χ2v) is 6.53. The van der Waals surface area contributed by atoms with Gasteiger partial charge in [-0.3, -0.25) is 9.55 Å². The van der Waals surface area contributed by atoms with Crippen LogP contribution in [0.15, 0.2) is 35.5 Å². The van der Waals surface area contributed by atoms with Crippen molar-refractivity contribution in [2.75, 3.05) is 25.6 Å². The largest absolute Gasteiger partial charge is 0.398 e. The van der Waals surface area contributed by atoms with Gasteiger partial charge in [-0.1, -0.05) is 0 Å². The summed E-state index contributed by atoms with van der Waals surface area (Å²) in [5.74, 6) is 0. The van der Waals surface area contributed by atoms with E-state index in [2.05, 4.69) is 19.9 Å². The molecule has 1 aliphatic rings. The number of nitrogens with one attached hydrogen (secondary N) is 2. The van der Waals surface area contributed by atoms with Gasteiger partial charge in [0.2, 0.25) is 0 Å². The van der Waals surface area contributed by atoms with Gasteiger partial charge in [-0.05, 0) is 12.1 Å². The van der Waals surface area contributed by atoms with Crippen LogP contribution in [0.1, 0.15) is 0 Å². The first-order chi connectivity index (χ1) is 13.2. The van der Waals surface area contributed by atoms with E-state index in [9.17, 15) is 4.79 Å². The van der Waals surface area contributed by atoms with Crippen LogP contribution < -0.4 is 11.4 Å². The van der Waals surface area contributed by atoms with E-state index < -0.39 is 0 Å². The van der Waals surface area contributed by atoms with E-state index in [1.807, 2.05) is 12.1 Å². The number of hydrogen-bond acceptors (Lipinski definition) is 6. The molecule has 0 bridgehead atoms. The van der Waals surface area contributed by atoms with Crippen LogP contribution in [-0.2, 0) is 16.0 Å². The molecule has 0 aromatic carbocycles. The van der Waals surface area contributed by atoms with E-state index in [4.69, 9.17) is 15.2 Å². The number of pyridine rings is 2. The number of hydrogen-bond donors (Lipinski definition) is 3. The van der Waals surface area contributed by atoms with Crippen LogP contribution in [0.5, 0.6) is 0 Å². The van der Waals surface area contributed by atoms with E-state index >= 15 is 0 Å². The van der Waals surface area contributed by atoms with Crippen molar-refractivity contribution in [2.45, 2.75) is 12.6 Å². The summed E-state index contributed by atoms with van der Waals surface area (Å²) in [7, 11) is 0. The Morgan fingerprint density at radius 1 is 1.26 bits per heavy atom. The monoisotopic (exact) mass is 366 g/mol. The fourth-order valence-corrected chi connectivity index (χ4v) is 3.47. The predicted octanol–water partition coefficient (Wildman–Crippen LogP) is 1.27. The molecule has 0 aliphatic carbocycles. The van der Waals surface area contributed by atoms with Crippen molar-refractivity contribution in [3.63, 3.8) is 0 Å². The zero-order chi connectivity index (χ0) is 18.4. The first-order valence-corrected chi connectivity index (χ1v) is 8.70. The molecule has 1 fully saturated rings. The number of anilines is 1. The summed E-state index contributed by atoms with van der Waals surface area (Å²) >= 11 is 0. The number of aromatic amines is 2. The molecular formula is C18H18N6O3. The van der Waals surface area contributed by atoms with Crippen LogP contribution in [0, 0.1) is 0 Å². The van der Waals surface area contributed by atoms with Gasteiger partial charge in [0.1, 0.15) is 5.65 Å². The maximum absolute atomic E-state index is 12.4. The highest BCUT2D eigenvalue weighted by atomic mass is 16.6. The maximum Gasteiger partial charge on any atom is 0.327 e. The van der Waals surface area contributed by atoms with Crippen LogP contribution in [0.25, 0.3) is 33.3 Å². The third-order valence-corrected chi connectivity index (χ3v) is 4.84. The summed E-state index contributed by atoms with van der Waals surface area (Å²) in [6, 6.07) is 3.79. The fourth-order valence-electron chi connectivity index (χ4n) is 3.47. The number of nitrogens with zero attached hydrogens (tertiary/aromatic N) is 3. The van der Waals surface area contributed by atoms with Crippen LogP contribution in [-0.4, -0.2) is 50.4 Å². The number of rotatable bonds is 3. The molecule has 0 amide bonds. The quantitative estimate of drug-likeness (QED) is 0.501. The Morgan fingerprint density at radius 2 is 2.15 bits per heavy atom. The second-order valence-electron chi connectivity index (χ2n) is 6.53. The molecule has 1 aliphatic heterocycles. The minimum absolute atomic E-state index is 0.165. The van der Waals surface area contributed by atoms with Crippen molar-refractivity contribution < 1.29 is 9.47 Å². The van der Waals surface area contributed by atoms with E-state index in [1.54, 1.807) is 23.2 Å². The Bertz CT molecular complexity index is 1180. The molecule has 0 radical (unpaired) electrons. The number of nitrogens with two attached hydrogens (primary N) is 1. The predicted molar refractivity (Wildman–Crippen MR) is 100 cm³/mol. The van der Waals surface area contributed by atoms with Gasteiger partial charge >= 0.3 is 5.69 Å². The highest BCUT2D eigenvalue weighted by molar-refractivity contribution is 5.97. The molecule has 4 N–H and O–H groups in total. The first-order valence-electron chi connectivity index (χ1n) is 8.70. The van der Waals surface area contributed by atoms with Crippen LogP contribution in [0.2, 0.25) is 0 Å². The second kappa shape index (κ2) is 6.22. The lowest BCUT2D eigenvalue weighted by molar-refractivity contribution is -0.0934. The van der Waals surface area contributed by atoms with Gasteiger partial charge in [0.15, 0.2) is 5.65 Å². The van der Waals surface area contributed by atoms with Crippen LogP contribution >= 0.6 is 0 Å². The number of imidazole rings is 1. The van der Waals surface area contributed by atoms with Crippen molar-refractivity contribution in [1.82, 2.24) is 24.5 Å². The molecule has 5 heterocycles. The topological polar surface area (TPSA) is 124 Å². The highest BCUT2D eigenvalue weighted by Crippen LogP contribution is 2.31. The summed E-state index contributed by atoms with van der Waals surface area (Å²) in [5, 5.41) is 0.854. The number of nitrogen functional groups attached to an aromatic ring is 1. The lowest BCUT2D eigenvalue weighted by Gasteiger charge is -2.23. The molecule has 0 unspecified atom stereocenters. The highest BCUT2D eigenvalue weighted by Gasteiger charge is 2.19. The van der Waals surface area contributed by atoms with E-state index in [-0.39, 0.29) is 11.8 Å². The third-order valence-electron chi connectivity index (χ3n) is 4.84. The fraction of sp³-hybridized carbons (Fsp3) is 0.278. The van der Waals surface area contributed by atoms with Gasteiger partial charge in [-0.25, -0.2) is 14.8 Å². The van der Waals surface area contributed by atoms with Crippen molar-refractivity contribution in [3.8, 4) is 11.1 Å². The van der Waals surface area contributed by atoms with Gasteiger partial charge in [-0.2, -0.15) is 0 Å². The molecule has 0 spiro atoms. The number of ether oxygens (including phenoxy) is 2. The lowest BCUT2D eigenvalue weighted by Crippen LogP contribution is -2.34. The van der Waals surface area contributed by atoms with Crippen molar-refractivity contribution >= 4 is 27.9 Å². The lowest BCUT2D eigenvalue weighted by atomic mass is 10.1. The van der Waals surface area contributed by atoms with Crippen molar-refractivity contribution in [3.05, 3.63) is 41.2 Å².